The Morgan fingerprint density at radius 3 is 2.35 bits per heavy atom. The fourth-order valence-electron chi connectivity index (χ4n) is 2.56. The number of carboxylic acid groups (broad SMARTS) is 1. The van der Waals surface area contributed by atoms with E-state index in [0.717, 1.165) is 10.6 Å². The van der Waals surface area contributed by atoms with Crippen molar-refractivity contribution in [2.45, 2.75) is 17.1 Å². The SMILES string of the molecule is COC1CN(c2cccc(SC)c2C(=O)O)CC1OC. The maximum atomic E-state index is 11.6. The van der Waals surface area contributed by atoms with E-state index in [-0.39, 0.29) is 12.2 Å². The van der Waals surface area contributed by atoms with Crippen molar-refractivity contribution in [2.24, 2.45) is 0 Å². The number of hydrogen-bond donors (Lipinski definition) is 1. The van der Waals surface area contributed by atoms with Crippen molar-refractivity contribution in [1.29, 1.82) is 0 Å². The molecule has 2 rings (SSSR count). The van der Waals surface area contributed by atoms with Gasteiger partial charge in [-0.25, -0.2) is 4.79 Å². The average Bonchev–Trinajstić information content (AvgIpc) is 2.89. The van der Waals surface area contributed by atoms with Crippen LogP contribution in [0.4, 0.5) is 5.69 Å². The van der Waals surface area contributed by atoms with Gasteiger partial charge in [-0.1, -0.05) is 6.07 Å². The maximum absolute atomic E-state index is 11.6. The quantitative estimate of drug-likeness (QED) is 0.838. The molecule has 1 heterocycles. The van der Waals surface area contributed by atoms with Crippen LogP contribution in [-0.4, -0.2) is 56.8 Å². The smallest absolute Gasteiger partial charge is 0.338 e. The Morgan fingerprint density at radius 2 is 1.90 bits per heavy atom. The molecule has 1 aliphatic rings. The fraction of sp³-hybridized carbons (Fsp3) is 0.500. The first-order valence-electron chi connectivity index (χ1n) is 6.33. The zero-order valence-electron chi connectivity index (χ0n) is 11.8. The molecule has 1 N–H and O–H groups in total. The molecule has 20 heavy (non-hydrogen) atoms. The summed E-state index contributed by atoms with van der Waals surface area (Å²) < 4.78 is 10.8. The number of anilines is 1. The highest BCUT2D eigenvalue weighted by Crippen LogP contribution is 2.32. The van der Waals surface area contributed by atoms with Crippen molar-refractivity contribution in [1.82, 2.24) is 0 Å². The molecular formula is C14H19NO4S. The van der Waals surface area contributed by atoms with E-state index in [0.29, 0.717) is 18.7 Å². The van der Waals surface area contributed by atoms with E-state index in [4.69, 9.17) is 9.47 Å². The molecule has 1 fully saturated rings. The molecule has 0 spiro atoms. The topological polar surface area (TPSA) is 59.0 Å². The standard InChI is InChI=1S/C14H19NO4S/c1-18-10-7-15(8-11(10)19-2)9-5-4-6-12(20-3)13(9)14(16)17/h4-6,10-11H,7-8H2,1-3H3,(H,16,17). The molecule has 0 amide bonds. The molecule has 5 nitrogen and oxygen atoms in total. The molecule has 1 saturated heterocycles. The van der Waals surface area contributed by atoms with Gasteiger partial charge in [0.2, 0.25) is 0 Å². The molecule has 1 aromatic carbocycles. The average molecular weight is 297 g/mol. The normalized spacial score (nSPS) is 22.2. The number of nitrogens with zero attached hydrogens (tertiary/aromatic N) is 1. The van der Waals surface area contributed by atoms with Crippen LogP contribution in [0.15, 0.2) is 23.1 Å². The van der Waals surface area contributed by atoms with Crippen LogP contribution >= 0.6 is 11.8 Å². The summed E-state index contributed by atoms with van der Waals surface area (Å²) >= 11 is 1.44. The van der Waals surface area contributed by atoms with Gasteiger partial charge in [0.15, 0.2) is 0 Å². The zero-order valence-corrected chi connectivity index (χ0v) is 12.6. The lowest BCUT2D eigenvalue weighted by Gasteiger charge is -2.21. The molecule has 0 radical (unpaired) electrons. The Hall–Kier alpha value is -1.24. The van der Waals surface area contributed by atoms with Crippen molar-refractivity contribution < 1.29 is 19.4 Å². The summed E-state index contributed by atoms with van der Waals surface area (Å²) in [4.78, 5) is 14.3. The third kappa shape index (κ3) is 2.77. The highest BCUT2D eigenvalue weighted by Gasteiger charge is 2.35. The van der Waals surface area contributed by atoms with Gasteiger partial charge in [-0.15, -0.1) is 11.8 Å². The van der Waals surface area contributed by atoms with Gasteiger partial charge in [-0.2, -0.15) is 0 Å². The minimum Gasteiger partial charge on any atom is -0.478 e. The summed E-state index contributed by atoms with van der Waals surface area (Å²) in [7, 11) is 3.30. The van der Waals surface area contributed by atoms with E-state index in [1.807, 2.05) is 29.4 Å². The lowest BCUT2D eigenvalue weighted by molar-refractivity contribution is -0.00461. The largest absolute Gasteiger partial charge is 0.478 e. The highest BCUT2D eigenvalue weighted by molar-refractivity contribution is 7.98. The van der Waals surface area contributed by atoms with Gasteiger partial charge in [-0.05, 0) is 18.4 Å². The van der Waals surface area contributed by atoms with E-state index >= 15 is 0 Å². The van der Waals surface area contributed by atoms with Crippen LogP contribution in [0.5, 0.6) is 0 Å². The summed E-state index contributed by atoms with van der Waals surface area (Å²) in [6.07, 6.45) is 1.80. The van der Waals surface area contributed by atoms with Crippen molar-refractivity contribution in [3.05, 3.63) is 23.8 Å². The second-order valence-corrected chi connectivity index (χ2v) is 5.46. The summed E-state index contributed by atoms with van der Waals surface area (Å²) in [5.41, 5.74) is 1.08. The summed E-state index contributed by atoms with van der Waals surface area (Å²) in [5, 5.41) is 9.48. The Morgan fingerprint density at radius 1 is 1.30 bits per heavy atom. The minimum atomic E-state index is -0.903. The number of benzene rings is 1. The van der Waals surface area contributed by atoms with Crippen LogP contribution in [0.3, 0.4) is 0 Å². The number of ether oxygens (including phenoxy) is 2. The first kappa shape index (κ1) is 15.2. The van der Waals surface area contributed by atoms with E-state index in [2.05, 4.69) is 0 Å². The van der Waals surface area contributed by atoms with Crippen LogP contribution < -0.4 is 4.90 Å². The van der Waals surface area contributed by atoms with Gasteiger partial charge in [0, 0.05) is 32.2 Å². The Kier molecular flexibility index (Phi) is 4.91. The first-order chi connectivity index (χ1) is 9.62. The number of carbonyl (C=O) groups is 1. The van der Waals surface area contributed by atoms with Crippen LogP contribution in [0.1, 0.15) is 10.4 Å². The summed E-state index contributed by atoms with van der Waals surface area (Å²) in [6.45, 7) is 1.26. The summed E-state index contributed by atoms with van der Waals surface area (Å²) in [5.74, 6) is -0.903. The number of aromatic carboxylic acids is 1. The van der Waals surface area contributed by atoms with Crippen LogP contribution in [0.25, 0.3) is 0 Å². The van der Waals surface area contributed by atoms with Crippen molar-refractivity contribution >= 4 is 23.4 Å². The van der Waals surface area contributed by atoms with Gasteiger partial charge in [-0.3, -0.25) is 0 Å². The van der Waals surface area contributed by atoms with Gasteiger partial charge in [0.1, 0.15) is 12.2 Å². The monoisotopic (exact) mass is 297 g/mol. The van der Waals surface area contributed by atoms with Gasteiger partial charge < -0.3 is 19.5 Å². The van der Waals surface area contributed by atoms with E-state index in [9.17, 15) is 9.90 Å². The van der Waals surface area contributed by atoms with Crippen LogP contribution in [0, 0.1) is 0 Å². The molecule has 0 bridgehead atoms. The lowest BCUT2D eigenvalue weighted by atomic mass is 10.1. The second kappa shape index (κ2) is 6.47. The third-order valence-electron chi connectivity index (χ3n) is 3.60. The van der Waals surface area contributed by atoms with E-state index in [1.165, 1.54) is 11.8 Å². The number of thioether (sulfide) groups is 1. The summed E-state index contributed by atoms with van der Waals surface area (Å²) in [6, 6.07) is 5.55. The zero-order chi connectivity index (χ0) is 14.7. The number of hydrogen-bond acceptors (Lipinski definition) is 5. The van der Waals surface area contributed by atoms with Crippen molar-refractivity contribution in [3.8, 4) is 0 Å². The van der Waals surface area contributed by atoms with Crippen LogP contribution in [-0.2, 0) is 9.47 Å². The van der Waals surface area contributed by atoms with Gasteiger partial charge in [0.25, 0.3) is 0 Å². The minimum absolute atomic E-state index is 0.0421. The lowest BCUT2D eigenvalue weighted by Crippen LogP contribution is -2.27. The first-order valence-corrected chi connectivity index (χ1v) is 7.55. The Bertz CT molecular complexity index is 482. The number of methoxy groups -OCH3 is 2. The molecule has 0 aliphatic carbocycles. The highest BCUT2D eigenvalue weighted by atomic mass is 32.2. The molecule has 2 atom stereocenters. The molecule has 0 aromatic heterocycles. The molecule has 1 aromatic rings. The van der Waals surface area contributed by atoms with Gasteiger partial charge in [0.05, 0.1) is 11.3 Å². The number of rotatable bonds is 5. The molecule has 1 aliphatic heterocycles. The van der Waals surface area contributed by atoms with E-state index in [1.54, 1.807) is 14.2 Å². The second-order valence-electron chi connectivity index (χ2n) is 4.61. The molecule has 6 heteroatoms. The van der Waals surface area contributed by atoms with Crippen molar-refractivity contribution in [3.63, 3.8) is 0 Å². The predicted octanol–water partition coefficient (Wildman–Crippen LogP) is 1.96. The maximum Gasteiger partial charge on any atom is 0.338 e. The fourth-order valence-corrected chi connectivity index (χ4v) is 3.17. The molecule has 0 saturated carbocycles. The van der Waals surface area contributed by atoms with E-state index < -0.39 is 5.97 Å². The van der Waals surface area contributed by atoms with Crippen molar-refractivity contribution in [2.75, 3.05) is 38.5 Å². The predicted molar refractivity (Wildman–Crippen MR) is 79.0 cm³/mol. The molecule has 2 unspecified atom stereocenters. The Labute approximate surface area is 122 Å². The number of carboxylic acids is 1. The van der Waals surface area contributed by atoms with Crippen LogP contribution in [0.2, 0.25) is 0 Å². The molecular weight excluding hydrogens is 278 g/mol. The third-order valence-corrected chi connectivity index (χ3v) is 4.38. The Balaban J connectivity index is 2.36. The molecule has 110 valence electrons. The van der Waals surface area contributed by atoms with Gasteiger partial charge >= 0.3 is 5.97 Å².